The smallest absolute Gasteiger partial charge is 0.310 e. The number of hydrogen-bond donors (Lipinski definition) is 0. The summed E-state index contributed by atoms with van der Waals surface area (Å²) >= 11 is 5.70. The van der Waals surface area contributed by atoms with Gasteiger partial charge in [0.1, 0.15) is 5.82 Å². The molecule has 0 atom stereocenters. The third-order valence-corrected chi connectivity index (χ3v) is 2.21. The van der Waals surface area contributed by atoms with Crippen LogP contribution in [0.5, 0.6) is 0 Å². The zero-order chi connectivity index (χ0) is 11.4. The van der Waals surface area contributed by atoms with E-state index >= 15 is 0 Å². The highest BCUT2D eigenvalue weighted by Gasteiger charge is 2.11. The molecule has 0 aliphatic carbocycles. The molecule has 0 saturated carbocycles. The molecule has 15 heavy (non-hydrogen) atoms. The molecule has 1 aromatic rings. The highest BCUT2D eigenvalue weighted by atomic mass is 35.5. The van der Waals surface area contributed by atoms with Crippen LogP contribution in [0.3, 0.4) is 0 Å². The molecule has 0 aliphatic rings. The molecule has 5 heteroatoms. The van der Waals surface area contributed by atoms with Crippen molar-refractivity contribution in [2.45, 2.75) is 6.42 Å². The van der Waals surface area contributed by atoms with E-state index in [0.29, 0.717) is 11.8 Å². The van der Waals surface area contributed by atoms with Crippen molar-refractivity contribution in [3.8, 4) is 0 Å². The van der Waals surface area contributed by atoms with Crippen molar-refractivity contribution in [2.24, 2.45) is 0 Å². The summed E-state index contributed by atoms with van der Waals surface area (Å²) in [6, 6.07) is 2.24. The van der Waals surface area contributed by atoms with Gasteiger partial charge in [-0.15, -0.1) is 0 Å². The maximum atomic E-state index is 13.0. The first kappa shape index (κ1) is 11.7. The number of halogens is 2. The number of aldehydes is 1. The molecule has 0 N–H and O–H groups in total. The lowest BCUT2D eigenvalue weighted by atomic mass is 10.1. The second kappa shape index (κ2) is 4.89. The van der Waals surface area contributed by atoms with Gasteiger partial charge in [-0.3, -0.25) is 9.59 Å². The molecule has 0 amide bonds. The van der Waals surface area contributed by atoms with Gasteiger partial charge in [0, 0.05) is 5.02 Å². The van der Waals surface area contributed by atoms with Crippen molar-refractivity contribution >= 4 is 23.9 Å². The van der Waals surface area contributed by atoms with Gasteiger partial charge in [-0.25, -0.2) is 4.39 Å². The minimum atomic E-state index is -0.705. The Hall–Kier alpha value is -1.42. The third-order valence-electron chi connectivity index (χ3n) is 1.86. The standard InChI is InChI=1S/C10H8ClFO3/c1-15-10(14)3-6-2-7(5-13)9(12)4-8(6)11/h2,4-5H,3H2,1H3. The second-order valence-electron chi connectivity index (χ2n) is 2.84. The van der Waals surface area contributed by atoms with Gasteiger partial charge in [-0.05, 0) is 17.7 Å². The van der Waals surface area contributed by atoms with Crippen molar-refractivity contribution in [1.29, 1.82) is 0 Å². The summed E-state index contributed by atoms with van der Waals surface area (Å²) in [6.07, 6.45) is 0.281. The predicted octanol–water partition coefficient (Wildman–Crippen LogP) is 2.01. The summed E-state index contributed by atoms with van der Waals surface area (Å²) in [6.45, 7) is 0. The number of benzene rings is 1. The predicted molar refractivity (Wildman–Crippen MR) is 52.5 cm³/mol. The van der Waals surface area contributed by atoms with Gasteiger partial charge in [0.05, 0.1) is 19.1 Å². The van der Waals surface area contributed by atoms with Gasteiger partial charge in [0.2, 0.25) is 0 Å². The summed E-state index contributed by atoms with van der Waals surface area (Å²) < 4.78 is 17.5. The lowest BCUT2D eigenvalue weighted by Crippen LogP contribution is -2.06. The zero-order valence-electron chi connectivity index (χ0n) is 7.92. The van der Waals surface area contributed by atoms with Gasteiger partial charge >= 0.3 is 5.97 Å². The molecule has 0 unspecified atom stereocenters. The fourth-order valence-corrected chi connectivity index (χ4v) is 1.28. The molecule has 80 valence electrons. The Labute approximate surface area is 90.8 Å². The van der Waals surface area contributed by atoms with E-state index in [4.69, 9.17) is 11.6 Å². The summed E-state index contributed by atoms with van der Waals surface area (Å²) in [5.74, 6) is -1.20. The Balaban J connectivity index is 3.07. The van der Waals surface area contributed by atoms with Gasteiger partial charge in [-0.1, -0.05) is 11.6 Å². The fraction of sp³-hybridized carbons (Fsp3) is 0.200. The molecule has 1 rings (SSSR count). The van der Waals surface area contributed by atoms with Crippen LogP contribution in [0.2, 0.25) is 5.02 Å². The number of esters is 1. The Morgan fingerprint density at radius 2 is 2.27 bits per heavy atom. The van der Waals surface area contributed by atoms with Crippen LogP contribution in [0.4, 0.5) is 4.39 Å². The monoisotopic (exact) mass is 230 g/mol. The topological polar surface area (TPSA) is 43.4 Å². The quantitative estimate of drug-likeness (QED) is 0.589. The first-order valence-corrected chi connectivity index (χ1v) is 4.46. The van der Waals surface area contributed by atoms with E-state index in [-0.39, 0.29) is 17.0 Å². The summed E-state index contributed by atoms with van der Waals surface area (Å²) in [4.78, 5) is 21.4. The van der Waals surface area contributed by atoms with E-state index < -0.39 is 11.8 Å². The minimum absolute atomic E-state index is 0.0869. The van der Waals surface area contributed by atoms with Crippen LogP contribution in [0.15, 0.2) is 12.1 Å². The van der Waals surface area contributed by atoms with Crippen LogP contribution in [-0.2, 0) is 16.0 Å². The lowest BCUT2D eigenvalue weighted by Gasteiger charge is -2.04. The molecule has 0 saturated heterocycles. The van der Waals surface area contributed by atoms with Gasteiger partial charge in [0.25, 0.3) is 0 Å². The molecule has 0 fully saturated rings. The third kappa shape index (κ3) is 2.76. The van der Waals surface area contributed by atoms with Crippen molar-refractivity contribution < 1.29 is 18.7 Å². The van der Waals surface area contributed by atoms with E-state index in [1.54, 1.807) is 0 Å². The van der Waals surface area contributed by atoms with E-state index in [1.165, 1.54) is 13.2 Å². The molecule has 3 nitrogen and oxygen atoms in total. The zero-order valence-corrected chi connectivity index (χ0v) is 8.68. The molecule has 0 radical (unpaired) electrons. The van der Waals surface area contributed by atoms with E-state index in [1.807, 2.05) is 0 Å². The van der Waals surface area contributed by atoms with E-state index in [9.17, 15) is 14.0 Å². The van der Waals surface area contributed by atoms with Crippen molar-refractivity contribution in [3.05, 3.63) is 34.1 Å². The van der Waals surface area contributed by atoms with Crippen LogP contribution < -0.4 is 0 Å². The molecule has 0 aliphatic heterocycles. The van der Waals surface area contributed by atoms with Crippen molar-refractivity contribution in [3.63, 3.8) is 0 Å². The second-order valence-corrected chi connectivity index (χ2v) is 3.24. The highest BCUT2D eigenvalue weighted by Crippen LogP contribution is 2.20. The number of carbonyl (C=O) groups is 2. The Morgan fingerprint density at radius 1 is 1.60 bits per heavy atom. The number of methoxy groups -OCH3 is 1. The molecule has 0 bridgehead atoms. The molecule has 0 heterocycles. The van der Waals surface area contributed by atoms with Gasteiger partial charge in [0.15, 0.2) is 6.29 Å². The Bertz CT molecular complexity index is 404. The van der Waals surface area contributed by atoms with Crippen molar-refractivity contribution in [1.82, 2.24) is 0 Å². The lowest BCUT2D eigenvalue weighted by molar-refractivity contribution is -0.139. The normalized spacial score (nSPS) is 9.80. The van der Waals surface area contributed by atoms with Gasteiger partial charge < -0.3 is 4.74 Å². The first-order valence-electron chi connectivity index (χ1n) is 4.08. The van der Waals surface area contributed by atoms with E-state index in [0.717, 1.165) is 6.07 Å². The highest BCUT2D eigenvalue weighted by molar-refractivity contribution is 6.31. The first-order chi connectivity index (χ1) is 7.08. The molecule has 1 aromatic carbocycles. The van der Waals surface area contributed by atoms with Gasteiger partial charge in [-0.2, -0.15) is 0 Å². The van der Waals surface area contributed by atoms with Crippen LogP contribution in [-0.4, -0.2) is 19.4 Å². The number of carbonyl (C=O) groups excluding carboxylic acids is 2. The average Bonchev–Trinajstić information content (AvgIpc) is 2.21. The Morgan fingerprint density at radius 3 is 2.80 bits per heavy atom. The summed E-state index contributed by atoms with van der Waals surface area (Å²) in [5, 5.41) is 0.100. The van der Waals surface area contributed by atoms with E-state index in [2.05, 4.69) is 4.74 Å². The Kier molecular flexibility index (Phi) is 3.80. The van der Waals surface area contributed by atoms with Crippen LogP contribution in [0.1, 0.15) is 15.9 Å². The molecular weight excluding hydrogens is 223 g/mol. The summed E-state index contributed by atoms with van der Waals surface area (Å²) in [7, 11) is 1.24. The fourth-order valence-electron chi connectivity index (χ4n) is 1.07. The molecule has 0 spiro atoms. The maximum Gasteiger partial charge on any atom is 0.310 e. The SMILES string of the molecule is COC(=O)Cc1cc(C=O)c(F)cc1Cl. The van der Waals surface area contributed by atoms with Crippen LogP contribution >= 0.6 is 11.6 Å². The number of rotatable bonds is 3. The molecular formula is C10H8ClFO3. The van der Waals surface area contributed by atoms with Crippen LogP contribution in [0, 0.1) is 5.82 Å². The number of ether oxygens (including phenoxy) is 1. The average molecular weight is 231 g/mol. The van der Waals surface area contributed by atoms with Crippen molar-refractivity contribution in [2.75, 3.05) is 7.11 Å². The number of hydrogen-bond acceptors (Lipinski definition) is 3. The molecule has 0 aromatic heterocycles. The summed E-state index contributed by atoms with van der Waals surface area (Å²) in [5.41, 5.74) is 0.241. The van der Waals surface area contributed by atoms with Crippen LogP contribution in [0.25, 0.3) is 0 Å². The maximum absolute atomic E-state index is 13.0. The largest absolute Gasteiger partial charge is 0.469 e. The minimum Gasteiger partial charge on any atom is -0.469 e.